The molecule has 1 unspecified atom stereocenters. The number of hydrogen-bond donors (Lipinski definition) is 1. The van der Waals surface area contributed by atoms with Crippen molar-refractivity contribution in [2.24, 2.45) is 4.99 Å². The number of hydrogen-bond acceptors (Lipinski definition) is 2. The molecule has 0 spiro atoms. The second kappa shape index (κ2) is 3.74. The van der Waals surface area contributed by atoms with Crippen molar-refractivity contribution >= 4 is 17.1 Å². The van der Waals surface area contributed by atoms with Gasteiger partial charge in [0, 0.05) is 11.6 Å². The number of rotatable bonds is 1. The Hall–Kier alpha value is -2.09. The maximum Gasteiger partial charge on any atom is 0.0692 e. The van der Waals surface area contributed by atoms with Crippen LogP contribution in [0.1, 0.15) is 24.0 Å². The molecule has 17 heavy (non-hydrogen) atoms. The monoisotopic (exact) mass is 222 g/mol. The Morgan fingerprint density at radius 3 is 2.59 bits per heavy atom. The first-order valence-corrected chi connectivity index (χ1v) is 5.79. The molecule has 84 valence electrons. The predicted molar refractivity (Wildman–Crippen MR) is 71.9 cm³/mol. The molecule has 2 N–H and O–H groups in total. The average molecular weight is 222 g/mol. The van der Waals surface area contributed by atoms with Gasteiger partial charge in [0.1, 0.15) is 0 Å². The molecule has 0 fully saturated rings. The van der Waals surface area contributed by atoms with Crippen LogP contribution in [0.4, 0.5) is 11.4 Å². The standard InChI is InChI=1S/C15H14N2/c1-10-13-8-7-12(16)9-14(13)17-15(10)11-5-3-2-4-6-11/h2-10H,16H2,1H3. The number of aliphatic imine (C=N–C) groups is 1. The van der Waals surface area contributed by atoms with E-state index in [1.54, 1.807) is 0 Å². The SMILES string of the molecule is CC1C(c2ccccc2)=Nc2cc(N)ccc21. The van der Waals surface area contributed by atoms with Crippen molar-refractivity contribution in [3.8, 4) is 0 Å². The number of nitrogens with two attached hydrogens (primary N) is 1. The first-order valence-electron chi connectivity index (χ1n) is 5.79. The van der Waals surface area contributed by atoms with Crippen LogP contribution in [0.2, 0.25) is 0 Å². The molecular formula is C15H14N2. The highest BCUT2D eigenvalue weighted by molar-refractivity contribution is 6.09. The van der Waals surface area contributed by atoms with Crippen molar-refractivity contribution < 1.29 is 0 Å². The number of nitrogen functional groups attached to an aromatic ring is 1. The van der Waals surface area contributed by atoms with Crippen molar-refractivity contribution in [2.75, 3.05) is 5.73 Å². The molecule has 3 rings (SSSR count). The third-order valence-electron chi connectivity index (χ3n) is 3.24. The minimum atomic E-state index is 0.341. The molecule has 0 saturated carbocycles. The Labute approximate surface area is 101 Å². The van der Waals surface area contributed by atoms with E-state index in [4.69, 9.17) is 10.7 Å². The maximum absolute atomic E-state index is 5.79. The molecule has 2 nitrogen and oxygen atoms in total. The van der Waals surface area contributed by atoms with Crippen molar-refractivity contribution in [1.29, 1.82) is 0 Å². The summed E-state index contributed by atoms with van der Waals surface area (Å²) in [6.45, 7) is 2.19. The topological polar surface area (TPSA) is 38.4 Å². The van der Waals surface area contributed by atoms with E-state index in [9.17, 15) is 0 Å². The van der Waals surface area contributed by atoms with Gasteiger partial charge < -0.3 is 5.73 Å². The van der Waals surface area contributed by atoms with Gasteiger partial charge in [-0.3, -0.25) is 4.99 Å². The summed E-state index contributed by atoms with van der Waals surface area (Å²) in [5.41, 5.74) is 11.2. The van der Waals surface area contributed by atoms with Crippen LogP contribution in [-0.2, 0) is 0 Å². The molecule has 0 saturated heterocycles. The zero-order chi connectivity index (χ0) is 11.8. The second-order valence-electron chi connectivity index (χ2n) is 4.40. The molecular weight excluding hydrogens is 208 g/mol. The molecule has 0 bridgehead atoms. The Bertz CT molecular complexity index is 585. The molecule has 0 amide bonds. The Balaban J connectivity index is 2.09. The van der Waals surface area contributed by atoms with Gasteiger partial charge in [-0.1, -0.05) is 43.3 Å². The van der Waals surface area contributed by atoms with Gasteiger partial charge in [-0.15, -0.1) is 0 Å². The first-order chi connectivity index (χ1) is 8.25. The second-order valence-corrected chi connectivity index (χ2v) is 4.40. The van der Waals surface area contributed by atoms with E-state index in [0.717, 1.165) is 17.1 Å². The van der Waals surface area contributed by atoms with Crippen molar-refractivity contribution in [1.82, 2.24) is 0 Å². The lowest BCUT2D eigenvalue weighted by Crippen LogP contribution is -2.05. The minimum absolute atomic E-state index is 0.341. The Kier molecular flexibility index (Phi) is 2.22. The molecule has 1 aliphatic rings. The first kappa shape index (κ1) is 10.1. The lowest BCUT2D eigenvalue weighted by molar-refractivity contribution is 1.06. The van der Waals surface area contributed by atoms with Crippen LogP contribution in [0.5, 0.6) is 0 Å². The van der Waals surface area contributed by atoms with Crippen LogP contribution in [0.25, 0.3) is 0 Å². The van der Waals surface area contributed by atoms with Crippen LogP contribution in [0.15, 0.2) is 53.5 Å². The Morgan fingerprint density at radius 2 is 1.82 bits per heavy atom. The van der Waals surface area contributed by atoms with E-state index >= 15 is 0 Å². The van der Waals surface area contributed by atoms with Gasteiger partial charge in [0.15, 0.2) is 0 Å². The molecule has 0 aromatic heterocycles. The van der Waals surface area contributed by atoms with Gasteiger partial charge in [-0.05, 0) is 23.3 Å². The summed E-state index contributed by atoms with van der Waals surface area (Å²) in [6, 6.07) is 16.3. The summed E-state index contributed by atoms with van der Waals surface area (Å²) in [5.74, 6) is 0.341. The normalized spacial score (nSPS) is 17.7. The molecule has 2 aromatic carbocycles. The summed E-state index contributed by atoms with van der Waals surface area (Å²) in [6.07, 6.45) is 0. The molecule has 1 heterocycles. The largest absolute Gasteiger partial charge is 0.399 e. The van der Waals surface area contributed by atoms with E-state index < -0.39 is 0 Å². The van der Waals surface area contributed by atoms with Crippen molar-refractivity contribution in [3.05, 3.63) is 59.7 Å². The van der Waals surface area contributed by atoms with Crippen molar-refractivity contribution in [2.45, 2.75) is 12.8 Å². The van der Waals surface area contributed by atoms with Crippen LogP contribution >= 0.6 is 0 Å². The van der Waals surface area contributed by atoms with E-state index in [0.29, 0.717) is 5.92 Å². The fourth-order valence-electron chi connectivity index (χ4n) is 2.32. The lowest BCUT2D eigenvalue weighted by atomic mass is 9.93. The van der Waals surface area contributed by atoms with E-state index in [1.165, 1.54) is 11.1 Å². The Morgan fingerprint density at radius 1 is 1.06 bits per heavy atom. The van der Waals surface area contributed by atoms with Gasteiger partial charge in [0.05, 0.1) is 11.4 Å². The number of fused-ring (bicyclic) bond motifs is 1. The van der Waals surface area contributed by atoms with Gasteiger partial charge in [0.2, 0.25) is 0 Å². The van der Waals surface area contributed by atoms with Gasteiger partial charge in [0.25, 0.3) is 0 Å². The summed E-state index contributed by atoms with van der Waals surface area (Å²) in [7, 11) is 0. The van der Waals surface area contributed by atoms with E-state index in [2.05, 4.69) is 25.1 Å². The molecule has 1 aliphatic heterocycles. The van der Waals surface area contributed by atoms with Crippen LogP contribution in [0, 0.1) is 0 Å². The van der Waals surface area contributed by atoms with Gasteiger partial charge in [-0.2, -0.15) is 0 Å². The molecule has 2 heteroatoms. The van der Waals surface area contributed by atoms with Crippen molar-refractivity contribution in [3.63, 3.8) is 0 Å². The molecule has 0 aliphatic carbocycles. The van der Waals surface area contributed by atoms with Crippen LogP contribution in [0.3, 0.4) is 0 Å². The smallest absolute Gasteiger partial charge is 0.0692 e. The quantitative estimate of drug-likeness (QED) is 0.737. The fraction of sp³-hybridized carbons (Fsp3) is 0.133. The van der Waals surface area contributed by atoms with Crippen LogP contribution in [-0.4, -0.2) is 5.71 Å². The van der Waals surface area contributed by atoms with E-state index in [-0.39, 0.29) is 0 Å². The maximum atomic E-state index is 5.79. The molecule has 2 aromatic rings. The van der Waals surface area contributed by atoms with E-state index in [1.807, 2.05) is 30.3 Å². The summed E-state index contributed by atoms with van der Waals surface area (Å²) in [4.78, 5) is 4.70. The third kappa shape index (κ3) is 1.62. The van der Waals surface area contributed by atoms with Gasteiger partial charge >= 0.3 is 0 Å². The number of benzene rings is 2. The number of anilines is 1. The third-order valence-corrected chi connectivity index (χ3v) is 3.24. The summed E-state index contributed by atoms with van der Waals surface area (Å²) < 4.78 is 0. The zero-order valence-electron chi connectivity index (χ0n) is 9.72. The molecule has 0 radical (unpaired) electrons. The predicted octanol–water partition coefficient (Wildman–Crippen LogP) is 3.51. The average Bonchev–Trinajstić information content (AvgIpc) is 2.67. The van der Waals surface area contributed by atoms with Crippen LogP contribution < -0.4 is 5.73 Å². The van der Waals surface area contributed by atoms with Gasteiger partial charge in [-0.25, -0.2) is 0 Å². The summed E-state index contributed by atoms with van der Waals surface area (Å²) >= 11 is 0. The highest BCUT2D eigenvalue weighted by Crippen LogP contribution is 2.38. The zero-order valence-corrected chi connectivity index (χ0v) is 9.72. The number of nitrogens with zero attached hydrogens (tertiary/aromatic N) is 1. The summed E-state index contributed by atoms with van der Waals surface area (Å²) in [5, 5.41) is 0. The molecule has 1 atom stereocenters. The highest BCUT2D eigenvalue weighted by atomic mass is 14.8. The fourth-order valence-corrected chi connectivity index (χ4v) is 2.32. The highest BCUT2D eigenvalue weighted by Gasteiger charge is 2.23. The minimum Gasteiger partial charge on any atom is -0.399 e. The lowest BCUT2D eigenvalue weighted by Gasteiger charge is -2.08.